The largest absolute Gasteiger partial charge is 0.363 e. The Kier molecular flexibility index (Phi) is 4.09. The van der Waals surface area contributed by atoms with Gasteiger partial charge in [-0.15, -0.1) is 0 Å². The van der Waals surface area contributed by atoms with Crippen LogP contribution in [0.3, 0.4) is 0 Å². The van der Waals surface area contributed by atoms with Gasteiger partial charge in [0.05, 0.1) is 11.1 Å². The fourth-order valence-corrected chi connectivity index (χ4v) is 5.20. The topological polar surface area (TPSA) is 90.0 Å². The van der Waals surface area contributed by atoms with Crippen molar-refractivity contribution in [3.8, 4) is 0 Å². The van der Waals surface area contributed by atoms with E-state index in [4.69, 9.17) is 0 Å². The van der Waals surface area contributed by atoms with Crippen LogP contribution in [0.25, 0.3) is 0 Å². The molecule has 4 amide bonds. The van der Waals surface area contributed by atoms with Crippen molar-refractivity contribution in [2.24, 2.45) is 0 Å². The zero-order valence-corrected chi connectivity index (χ0v) is 17.5. The van der Waals surface area contributed by atoms with E-state index in [1.807, 2.05) is 6.07 Å². The SMILES string of the molecule is CC(C)(C)N1CC2CC(C1)N2c1ccc2c(c1)C(=O)N([C@@H]1CCC(=O)NC1=O)C2=O. The van der Waals surface area contributed by atoms with Gasteiger partial charge in [0.15, 0.2) is 0 Å². The van der Waals surface area contributed by atoms with Crippen LogP contribution < -0.4 is 10.2 Å². The highest BCUT2D eigenvalue weighted by Crippen LogP contribution is 2.40. The minimum atomic E-state index is -0.928. The molecule has 0 spiro atoms. The maximum absolute atomic E-state index is 13.1. The van der Waals surface area contributed by atoms with Crippen LogP contribution in [0, 0.1) is 0 Å². The molecule has 30 heavy (non-hydrogen) atoms. The van der Waals surface area contributed by atoms with E-state index in [1.165, 1.54) is 0 Å². The van der Waals surface area contributed by atoms with Gasteiger partial charge in [-0.2, -0.15) is 0 Å². The molecule has 0 saturated carbocycles. The highest BCUT2D eigenvalue weighted by molar-refractivity contribution is 6.23. The van der Waals surface area contributed by atoms with Gasteiger partial charge in [-0.25, -0.2) is 0 Å². The molecule has 6 rings (SSSR count). The van der Waals surface area contributed by atoms with Gasteiger partial charge in [-0.1, -0.05) is 0 Å². The molecule has 158 valence electrons. The van der Waals surface area contributed by atoms with Crippen molar-refractivity contribution >= 4 is 29.3 Å². The first-order chi connectivity index (χ1) is 14.1. The number of nitrogens with zero attached hydrogens (tertiary/aromatic N) is 3. The van der Waals surface area contributed by atoms with E-state index in [0.29, 0.717) is 23.2 Å². The number of amides is 4. The lowest BCUT2D eigenvalue weighted by molar-refractivity contribution is -0.136. The number of imide groups is 2. The van der Waals surface area contributed by atoms with Gasteiger partial charge in [0.25, 0.3) is 11.8 Å². The molecule has 1 N–H and O–H groups in total. The molecule has 4 fully saturated rings. The van der Waals surface area contributed by atoms with Crippen molar-refractivity contribution in [2.45, 2.75) is 63.7 Å². The Hall–Kier alpha value is -2.74. The Labute approximate surface area is 175 Å². The number of hydrogen-bond acceptors (Lipinski definition) is 6. The summed E-state index contributed by atoms with van der Waals surface area (Å²) in [5.74, 6) is -1.86. The summed E-state index contributed by atoms with van der Waals surface area (Å²) in [6, 6.07) is 5.28. The number of piperazine rings is 1. The molecule has 8 heteroatoms. The quantitative estimate of drug-likeness (QED) is 0.736. The predicted octanol–water partition coefficient (Wildman–Crippen LogP) is 1.15. The van der Waals surface area contributed by atoms with Gasteiger partial charge in [0.2, 0.25) is 11.8 Å². The molecule has 2 unspecified atom stereocenters. The summed E-state index contributed by atoms with van der Waals surface area (Å²) in [6.07, 6.45) is 1.43. The maximum Gasteiger partial charge on any atom is 0.262 e. The zero-order chi connectivity index (χ0) is 21.4. The second kappa shape index (κ2) is 6.38. The van der Waals surface area contributed by atoms with Crippen molar-refractivity contribution in [1.82, 2.24) is 15.1 Å². The van der Waals surface area contributed by atoms with E-state index < -0.39 is 23.8 Å². The van der Waals surface area contributed by atoms with Crippen LogP contribution in [0.1, 0.15) is 60.7 Å². The number of benzene rings is 1. The minimum Gasteiger partial charge on any atom is -0.363 e. The Morgan fingerprint density at radius 1 is 0.967 bits per heavy atom. The lowest BCUT2D eigenvalue weighted by Gasteiger charge is -2.60. The molecular weight excluding hydrogens is 384 g/mol. The molecule has 0 radical (unpaired) electrons. The van der Waals surface area contributed by atoms with Gasteiger partial charge < -0.3 is 4.90 Å². The highest BCUT2D eigenvalue weighted by atomic mass is 16.2. The van der Waals surface area contributed by atoms with Gasteiger partial charge in [0, 0.05) is 42.8 Å². The average Bonchev–Trinajstić information content (AvgIpc) is 2.92. The van der Waals surface area contributed by atoms with Gasteiger partial charge in [-0.05, 0) is 51.8 Å². The Morgan fingerprint density at radius 2 is 1.63 bits per heavy atom. The first-order valence-electron chi connectivity index (χ1n) is 10.5. The maximum atomic E-state index is 13.1. The third-order valence-electron chi connectivity index (χ3n) is 6.86. The number of anilines is 1. The zero-order valence-electron chi connectivity index (χ0n) is 17.5. The summed E-state index contributed by atoms with van der Waals surface area (Å²) in [6.45, 7) is 8.64. The molecule has 0 aromatic heterocycles. The lowest BCUT2D eigenvalue weighted by Crippen LogP contribution is -2.71. The number of nitrogens with one attached hydrogen (secondary N) is 1. The normalized spacial score (nSPS) is 29.1. The van der Waals surface area contributed by atoms with Crippen LogP contribution in [-0.2, 0) is 9.59 Å². The molecule has 2 bridgehead atoms. The van der Waals surface area contributed by atoms with Crippen LogP contribution in [0.15, 0.2) is 18.2 Å². The number of carbonyl (C=O) groups excluding carboxylic acids is 4. The first kappa shape index (κ1) is 19.2. The summed E-state index contributed by atoms with van der Waals surface area (Å²) < 4.78 is 0. The van der Waals surface area contributed by atoms with E-state index in [0.717, 1.165) is 30.1 Å². The van der Waals surface area contributed by atoms with E-state index in [1.54, 1.807) is 12.1 Å². The van der Waals surface area contributed by atoms with Crippen molar-refractivity contribution in [2.75, 3.05) is 18.0 Å². The van der Waals surface area contributed by atoms with Crippen molar-refractivity contribution in [1.29, 1.82) is 0 Å². The van der Waals surface area contributed by atoms with Gasteiger partial charge >= 0.3 is 0 Å². The third kappa shape index (κ3) is 2.77. The van der Waals surface area contributed by atoms with Crippen LogP contribution >= 0.6 is 0 Å². The standard InChI is InChI=1S/C22H26N4O4/c1-22(2,3)24-10-13-8-14(11-24)25(13)12-4-5-15-16(9-12)21(30)26(20(15)29)17-6-7-18(27)23-19(17)28/h4-5,9,13-14,17H,6-8,10-11H2,1-3H3,(H,23,27,28)/t13?,14?,17-/m1/s1. The van der Waals surface area contributed by atoms with Crippen LogP contribution in [-0.4, -0.2) is 70.2 Å². The third-order valence-corrected chi connectivity index (χ3v) is 6.86. The number of carbonyl (C=O) groups is 4. The minimum absolute atomic E-state index is 0.122. The van der Waals surface area contributed by atoms with Crippen LogP contribution in [0.2, 0.25) is 0 Å². The summed E-state index contributed by atoms with van der Waals surface area (Å²) in [4.78, 5) is 55.4. The average molecular weight is 410 g/mol. The summed E-state index contributed by atoms with van der Waals surface area (Å²) in [5, 5.41) is 2.23. The molecule has 3 atom stereocenters. The second-order valence-electron chi connectivity index (χ2n) is 9.70. The number of piperidine rings is 2. The Balaban J connectivity index is 1.39. The highest BCUT2D eigenvalue weighted by Gasteiger charge is 2.48. The summed E-state index contributed by atoms with van der Waals surface area (Å²) in [5.41, 5.74) is 1.76. The van der Waals surface area contributed by atoms with Crippen molar-refractivity contribution in [3.63, 3.8) is 0 Å². The monoisotopic (exact) mass is 410 g/mol. The predicted molar refractivity (Wildman–Crippen MR) is 109 cm³/mol. The van der Waals surface area contributed by atoms with E-state index in [2.05, 4.69) is 35.9 Å². The molecular formula is C22H26N4O4. The number of hydrogen-bond donors (Lipinski definition) is 1. The molecule has 5 aliphatic heterocycles. The molecule has 1 aromatic rings. The van der Waals surface area contributed by atoms with E-state index in [-0.39, 0.29) is 24.3 Å². The molecule has 5 heterocycles. The summed E-state index contributed by atoms with van der Waals surface area (Å²) >= 11 is 0. The Morgan fingerprint density at radius 3 is 2.27 bits per heavy atom. The fraction of sp³-hybridized carbons (Fsp3) is 0.545. The van der Waals surface area contributed by atoms with Gasteiger partial charge in [0.1, 0.15) is 6.04 Å². The molecule has 4 saturated heterocycles. The molecule has 0 aliphatic carbocycles. The number of rotatable bonds is 2. The second-order valence-corrected chi connectivity index (χ2v) is 9.70. The number of fused-ring (bicyclic) bond motifs is 3. The summed E-state index contributed by atoms with van der Waals surface area (Å²) in [7, 11) is 0. The fourth-order valence-electron chi connectivity index (χ4n) is 5.20. The molecule has 1 aromatic carbocycles. The van der Waals surface area contributed by atoms with Crippen molar-refractivity contribution < 1.29 is 19.2 Å². The Bertz CT molecular complexity index is 970. The van der Waals surface area contributed by atoms with Gasteiger partial charge in [-0.3, -0.25) is 34.3 Å². The first-order valence-corrected chi connectivity index (χ1v) is 10.5. The van der Waals surface area contributed by atoms with E-state index >= 15 is 0 Å². The van der Waals surface area contributed by atoms with Crippen LogP contribution in [0.4, 0.5) is 5.69 Å². The molecule has 5 aliphatic rings. The lowest BCUT2D eigenvalue weighted by atomic mass is 9.84. The van der Waals surface area contributed by atoms with Crippen molar-refractivity contribution in [3.05, 3.63) is 29.3 Å². The van der Waals surface area contributed by atoms with E-state index in [9.17, 15) is 19.2 Å². The smallest absolute Gasteiger partial charge is 0.262 e. The molecule has 8 nitrogen and oxygen atoms in total. The van der Waals surface area contributed by atoms with Crippen LogP contribution in [0.5, 0.6) is 0 Å².